The molecule has 3 nitrogen and oxygen atoms in total. The number of phenols is 1. The van der Waals surface area contributed by atoms with E-state index in [2.05, 4.69) is 34.8 Å². The summed E-state index contributed by atoms with van der Waals surface area (Å²) in [5.41, 5.74) is 0.374. The fourth-order valence-corrected chi connectivity index (χ4v) is 3.36. The normalized spacial score (nSPS) is 22.5. The fraction of sp³-hybridized carbons (Fsp3) is 0.562. The van der Waals surface area contributed by atoms with Crippen molar-refractivity contribution in [3.8, 4) is 5.75 Å². The number of hydrogen-bond acceptors (Lipinski definition) is 2. The highest BCUT2D eigenvalue weighted by Gasteiger charge is 2.21. The molecule has 1 aliphatic carbocycles. The number of amides is 1. The molecule has 0 atom stereocenters. The summed E-state index contributed by atoms with van der Waals surface area (Å²) in [6.07, 6.45) is 6.25. The van der Waals surface area contributed by atoms with Crippen LogP contribution < -0.4 is 5.32 Å². The lowest BCUT2D eigenvalue weighted by Gasteiger charge is -2.27. The van der Waals surface area contributed by atoms with Gasteiger partial charge in [-0.25, -0.2) is 0 Å². The third kappa shape index (κ3) is 4.11. The molecule has 1 fully saturated rings. The van der Waals surface area contributed by atoms with Gasteiger partial charge in [-0.2, -0.15) is 0 Å². The molecule has 2 N–H and O–H groups in total. The van der Waals surface area contributed by atoms with Crippen molar-refractivity contribution < 1.29 is 9.90 Å². The van der Waals surface area contributed by atoms with Crippen LogP contribution in [0.2, 0.25) is 0 Å². The van der Waals surface area contributed by atoms with Gasteiger partial charge in [-0.15, -0.1) is 0 Å². The number of carbonyl (C=O) groups excluding carboxylic acids is 1. The molecule has 1 aromatic rings. The van der Waals surface area contributed by atoms with E-state index in [-0.39, 0.29) is 11.7 Å². The van der Waals surface area contributed by atoms with Crippen LogP contribution in [0.15, 0.2) is 18.2 Å². The first-order chi connectivity index (χ1) is 9.60. The van der Waals surface area contributed by atoms with Gasteiger partial charge in [0.25, 0.3) is 5.91 Å². The van der Waals surface area contributed by atoms with Crippen LogP contribution in [0.5, 0.6) is 5.75 Å². The highest BCUT2D eigenvalue weighted by atomic mass is 127. The average Bonchev–Trinajstić information content (AvgIpc) is 2.47. The van der Waals surface area contributed by atoms with Crippen molar-refractivity contribution in [3.05, 3.63) is 27.3 Å². The van der Waals surface area contributed by atoms with E-state index in [9.17, 15) is 9.90 Å². The van der Waals surface area contributed by atoms with E-state index in [0.29, 0.717) is 11.5 Å². The molecule has 20 heavy (non-hydrogen) atoms. The molecule has 0 aliphatic heterocycles. The van der Waals surface area contributed by atoms with Crippen LogP contribution >= 0.6 is 22.6 Å². The van der Waals surface area contributed by atoms with E-state index < -0.39 is 0 Å². The Morgan fingerprint density at radius 3 is 2.60 bits per heavy atom. The van der Waals surface area contributed by atoms with Crippen molar-refractivity contribution in [2.75, 3.05) is 6.54 Å². The minimum atomic E-state index is -0.168. The fourth-order valence-electron chi connectivity index (χ4n) is 2.87. The number of carbonyl (C=O) groups is 1. The number of halogens is 1. The summed E-state index contributed by atoms with van der Waals surface area (Å²) in [6, 6.07) is 5.08. The zero-order valence-electron chi connectivity index (χ0n) is 11.9. The predicted molar refractivity (Wildman–Crippen MR) is 88.9 cm³/mol. The molecule has 0 heterocycles. The summed E-state index contributed by atoms with van der Waals surface area (Å²) in [5.74, 6) is 1.35. The highest BCUT2D eigenvalue weighted by Crippen LogP contribution is 2.30. The van der Waals surface area contributed by atoms with Crippen LogP contribution in [0.1, 0.15) is 49.4 Å². The first-order valence-electron chi connectivity index (χ1n) is 7.36. The molecule has 0 spiro atoms. The molecule has 0 aromatic heterocycles. The van der Waals surface area contributed by atoms with Crippen LogP contribution in [0.4, 0.5) is 0 Å². The van der Waals surface area contributed by atoms with Gasteiger partial charge in [0.15, 0.2) is 0 Å². The Morgan fingerprint density at radius 2 is 1.95 bits per heavy atom. The maximum absolute atomic E-state index is 12.1. The molecule has 4 heteroatoms. The molecule has 1 aliphatic rings. The zero-order chi connectivity index (χ0) is 14.5. The molecule has 0 radical (unpaired) electrons. The number of nitrogens with one attached hydrogen (secondary N) is 1. The van der Waals surface area contributed by atoms with Gasteiger partial charge in [-0.1, -0.05) is 26.2 Å². The van der Waals surface area contributed by atoms with Gasteiger partial charge in [-0.3, -0.25) is 4.79 Å². The van der Waals surface area contributed by atoms with Gasteiger partial charge in [0.05, 0.1) is 5.56 Å². The third-order valence-corrected chi connectivity index (χ3v) is 4.97. The quantitative estimate of drug-likeness (QED) is 0.769. The van der Waals surface area contributed by atoms with Crippen LogP contribution in [0.3, 0.4) is 0 Å². The molecular formula is C16H22INO2. The standard InChI is InChI=1S/C16H22INO2/c1-2-11-3-5-12(6-4-11)10-18-16(20)14-9-13(17)7-8-15(14)19/h7-9,11-12,19H,2-6,10H2,1H3,(H,18,20). The minimum Gasteiger partial charge on any atom is -0.507 e. The summed E-state index contributed by atoms with van der Waals surface area (Å²) >= 11 is 2.14. The summed E-state index contributed by atoms with van der Waals surface area (Å²) in [7, 11) is 0. The Hall–Kier alpha value is -0.780. The first-order valence-corrected chi connectivity index (χ1v) is 8.44. The van der Waals surface area contributed by atoms with Crippen molar-refractivity contribution in [1.82, 2.24) is 5.32 Å². The van der Waals surface area contributed by atoms with Crippen molar-refractivity contribution in [3.63, 3.8) is 0 Å². The second kappa shape index (κ2) is 7.29. The molecule has 1 aromatic carbocycles. The lowest BCUT2D eigenvalue weighted by molar-refractivity contribution is 0.0938. The van der Waals surface area contributed by atoms with Crippen LogP contribution in [-0.4, -0.2) is 17.6 Å². The molecule has 0 saturated heterocycles. The van der Waals surface area contributed by atoms with Gasteiger partial charge in [0.1, 0.15) is 5.75 Å². The van der Waals surface area contributed by atoms with Crippen molar-refractivity contribution in [1.29, 1.82) is 0 Å². The largest absolute Gasteiger partial charge is 0.507 e. The van der Waals surface area contributed by atoms with Gasteiger partial charge in [0.2, 0.25) is 0 Å². The maximum Gasteiger partial charge on any atom is 0.255 e. The Balaban J connectivity index is 1.85. The SMILES string of the molecule is CCC1CCC(CNC(=O)c2cc(I)ccc2O)CC1. The maximum atomic E-state index is 12.1. The Kier molecular flexibility index (Phi) is 5.69. The van der Waals surface area contributed by atoms with Gasteiger partial charge >= 0.3 is 0 Å². The zero-order valence-corrected chi connectivity index (χ0v) is 14.0. The van der Waals surface area contributed by atoms with E-state index in [1.54, 1.807) is 18.2 Å². The Bertz CT molecular complexity index is 468. The van der Waals surface area contributed by atoms with Crippen LogP contribution in [0, 0.1) is 15.4 Å². The van der Waals surface area contributed by atoms with Gasteiger partial charge in [0, 0.05) is 10.1 Å². The van der Waals surface area contributed by atoms with Gasteiger partial charge < -0.3 is 10.4 Å². The van der Waals surface area contributed by atoms with Crippen molar-refractivity contribution >= 4 is 28.5 Å². The highest BCUT2D eigenvalue weighted by molar-refractivity contribution is 14.1. The second-order valence-corrected chi connectivity index (χ2v) is 6.91. The summed E-state index contributed by atoms with van der Waals surface area (Å²) in [4.78, 5) is 12.1. The van der Waals surface area contributed by atoms with Crippen molar-refractivity contribution in [2.24, 2.45) is 11.8 Å². The Labute approximate surface area is 134 Å². The monoisotopic (exact) mass is 387 g/mol. The molecule has 1 amide bonds. The first kappa shape index (κ1) is 15.6. The minimum absolute atomic E-state index is 0.0533. The van der Waals surface area contributed by atoms with E-state index in [1.807, 2.05) is 0 Å². The average molecular weight is 387 g/mol. The van der Waals surface area contributed by atoms with Crippen LogP contribution in [0.25, 0.3) is 0 Å². The molecule has 0 unspecified atom stereocenters. The summed E-state index contributed by atoms with van der Waals surface area (Å²) < 4.78 is 0.953. The van der Waals surface area contributed by atoms with Gasteiger partial charge in [-0.05, 0) is 65.5 Å². The topological polar surface area (TPSA) is 49.3 Å². The van der Waals surface area contributed by atoms with Crippen LogP contribution in [-0.2, 0) is 0 Å². The third-order valence-electron chi connectivity index (χ3n) is 4.30. The summed E-state index contributed by atoms with van der Waals surface area (Å²) in [6.45, 7) is 2.98. The second-order valence-electron chi connectivity index (χ2n) is 5.67. The molecule has 110 valence electrons. The number of aromatic hydroxyl groups is 1. The summed E-state index contributed by atoms with van der Waals surface area (Å²) in [5, 5.41) is 12.7. The smallest absolute Gasteiger partial charge is 0.255 e. The van der Waals surface area contributed by atoms with E-state index in [1.165, 1.54) is 32.1 Å². The molecule has 1 saturated carbocycles. The van der Waals surface area contributed by atoms with E-state index >= 15 is 0 Å². The molecule has 0 bridgehead atoms. The van der Waals surface area contributed by atoms with Crippen molar-refractivity contribution in [2.45, 2.75) is 39.0 Å². The molecular weight excluding hydrogens is 365 g/mol. The Morgan fingerprint density at radius 1 is 1.30 bits per heavy atom. The van der Waals surface area contributed by atoms with E-state index in [0.717, 1.165) is 16.0 Å². The molecule has 2 rings (SSSR count). The number of benzene rings is 1. The number of rotatable bonds is 4. The van der Waals surface area contributed by atoms with E-state index in [4.69, 9.17) is 0 Å². The number of phenolic OH excluding ortho intramolecular Hbond substituents is 1. The predicted octanol–water partition coefficient (Wildman–Crippen LogP) is 3.94. The lowest BCUT2D eigenvalue weighted by atomic mass is 9.81. The number of hydrogen-bond donors (Lipinski definition) is 2. The lowest BCUT2D eigenvalue weighted by Crippen LogP contribution is -2.31.